The van der Waals surface area contributed by atoms with Crippen molar-refractivity contribution in [2.45, 2.75) is 25.7 Å². The van der Waals surface area contributed by atoms with Crippen LogP contribution in [0.2, 0.25) is 0 Å². The van der Waals surface area contributed by atoms with Crippen molar-refractivity contribution in [2.75, 3.05) is 14.2 Å². The number of rotatable bonds is 10. The minimum atomic E-state index is 0.393. The van der Waals surface area contributed by atoms with Gasteiger partial charge in [-0.1, -0.05) is 62.8 Å². The number of methoxy groups -OCH3 is 2. The first-order chi connectivity index (χ1) is 17.0. The molecule has 2 rings (SSSR count). The zero-order valence-electron chi connectivity index (χ0n) is 20.8. The molecule has 0 aromatic heterocycles. The van der Waals surface area contributed by atoms with Crippen molar-refractivity contribution in [3.05, 3.63) is 121 Å². The number of ether oxygens (including phenoxy) is 2. The van der Waals surface area contributed by atoms with Crippen LogP contribution in [0.15, 0.2) is 131 Å². The van der Waals surface area contributed by atoms with Gasteiger partial charge in [-0.15, -0.1) is 0 Å². The Balaban J connectivity index is 0.00000298. The van der Waals surface area contributed by atoms with E-state index in [4.69, 9.17) is 19.3 Å². The normalized spacial score (nSPS) is 15.9. The van der Waals surface area contributed by atoms with Crippen LogP contribution in [0.5, 0.6) is 0 Å². The van der Waals surface area contributed by atoms with Crippen molar-refractivity contribution in [3.8, 4) is 0 Å². The molecule has 0 heterocycles. The summed E-state index contributed by atoms with van der Waals surface area (Å²) in [6.07, 6.45) is 22.7. The van der Waals surface area contributed by atoms with Crippen molar-refractivity contribution < 1.29 is 14.3 Å². The Morgan fingerprint density at radius 2 is 1.77 bits per heavy atom. The summed E-state index contributed by atoms with van der Waals surface area (Å²) in [6, 6.07) is 0. The van der Waals surface area contributed by atoms with Crippen LogP contribution in [0, 0.1) is 0 Å². The number of allylic oxidation sites excluding steroid dienone is 11. The second kappa shape index (κ2) is 16.4. The summed E-state index contributed by atoms with van der Waals surface area (Å²) in [5.74, 6) is 1.09. The van der Waals surface area contributed by atoms with E-state index in [9.17, 15) is 0 Å². The largest absolute Gasteiger partial charge is 0.481 e. The standard InChI is InChI=1S/C28H33N3O2.CH2O/c1-7-8-12-21(2)27(32-5)30-23(4)16-15-22(3)29-25-17-19-26(20-18-25)31-28(33-6)24-13-10-9-11-14-24;1-2/h7-10,12-13,15-17,19,29H,1-4,11,14,18,20H2,5-6H3;1H2/b12-8-,16-15-,30-27?,31-28?;. The fraction of sp³-hybridized carbons (Fsp3) is 0.207. The third-order valence-corrected chi connectivity index (χ3v) is 4.80. The van der Waals surface area contributed by atoms with Gasteiger partial charge in [-0.25, -0.2) is 9.98 Å². The van der Waals surface area contributed by atoms with E-state index in [1.54, 1.807) is 38.5 Å². The van der Waals surface area contributed by atoms with E-state index in [0.29, 0.717) is 23.1 Å². The maximum Gasteiger partial charge on any atom is 0.220 e. The molecule has 0 fully saturated rings. The molecular formula is C29H35N3O3. The zero-order chi connectivity index (χ0) is 26.1. The third kappa shape index (κ3) is 10.5. The molecule has 184 valence electrons. The lowest BCUT2D eigenvalue weighted by Crippen LogP contribution is -2.13. The van der Waals surface area contributed by atoms with Gasteiger partial charge < -0.3 is 19.6 Å². The Bertz CT molecular complexity index is 1050. The predicted octanol–water partition coefficient (Wildman–Crippen LogP) is 6.20. The lowest BCUT2D eigenvalue weighted by Gasteiger charge is -2.16. The molecule has 1 N–H and O–H groups in total. The molecule has 0 saturated heterocycles. The lowest BCUT2D eigenvalue weighted by molar-refractivity contribution is -0.0979. The Labute approximate surface area is 209 Å². The molecule has 0 unspecified atom stereocenters. The number of nitrogens with zero attached hydrogens (tertiary/aromatic N) is 2. The first-order valence-electron chi connectivity index (χ1n) is 11.1. The highest BCUT2D eigenvalue weighted by molar-refractivity contribution is 5.96. The van der Waals surface area contributed by atoms with E-state index < -0.39 is 0 Å². The molecule has 0 spiro atoms. The topological polar surface area (TPSA) is 72.3 Å². The minimum Gasteiger partial charge on any atom is -0.481 e. The van der Waals surface area contributed by atoms with Crippen molar-refractivity contribution in [2.24, 2.45) is 9.98 Å². The second-order valence-corrected chi connectivity index (χ2v) is 7.35. The smallest absolute Gasteiger partial charge is 0.220 e. The monoisotopic (exact) mass is 473 g/mol. The third-order valence-electron chi connectivity index (χ3n) is 4.80. The van der Waals surface area contributed by atoms with Gasteiger partial charge in [0.05, 0.1) is 19.9 Å². The van der Waals surface area contributed by atoms with Crippen molar-refractivity contribution in [1.29, 1.82) is 0 Å². The Morgan fingerprint density at radius 3 is 2.34 bits per heavy atom. The van der Waals surface area contributed by atoms with Gasteiger partial charge in [0.25, 0.3) is 0 Å². The van der Waals surface area contributed by atoms with Crippen LogP contribution < -0.4 is 5.32 Å². The van der Waals surface area contributed by atoms with Crippen molar-refractivity contribution >= 4 is 18.6 Å². The maximum absolute atomic E-state index is 8.00. The summed E-state index contributed by atoms with van der Waals surface area (Å²) in [4.78, 5) is 17.1. The van der Waals surface area contributed by atoms with E-state index in [1.165, 1.54) is 0 Å². The lowest BCUT2D eigenvalue weighted by atomic mass is 10.0. The van der Waals surface area contributed by atoms with Crippen LogP contribution in [0.25, 0.3) is 0 Å². The molecular weight excluding hydrogens is 438 g/mol. The SMILES string of the molecule is C=C/C=C\C(=C)C(=NC(=C)/C=C\C(=C)NC1=CC=C(N=C(OC)C2=CC=CCC2)CC1)OC.C=O. The summed E-state index contributed by atoms with van der Waals surface area (Å²) in [5.41, 5.74) is 5.09. The van der Waals surface area contributed by atoms with Gasteiger partial charge in [-0.2, -0.15) is 0 Å². The van der Waals surface area contributed by atoms with E-state index in [0.717, 1.165) is 48.3 Å². The van der Waals surface area contributed by atoms with E-state index in [-0.39, 0.29) is 0 Å². The predicted molar refractivity (Wildman–Crippen MR) is 147 cm³/mol. The average molecular weight is 474 g/mol. The molecule has 0 aromatic carbocycles. The summed E-state index contributed by atoms with van der Waals surface area (Å²) in [6.45, 7) is 17.6. The fourth-order valence-corrected chi connectivity index (χ4v) is 3.10. The highest BCUT2D eigenvalue weighted by atomic mass is 16.5. The summed E-state index contributed by atoms with van der Waals surface area (Å²) < 4.78 is 10.8. The number of hydrogen-bond acceptors (Lipinski definition) is 6. The quantitative estimate of drug-likeness (QED) is 0.233. The van der Waals surface area contributed by atoms with Crippen LogP contribution in [0.4, 0.5) is 0 Å². The van der Waals surface area contributed by atoms with Gasteiger partial charge in [0.15, 0.2) is 0 Å². The van der Waals surface area contributed by atoms with Crippen LogP contribution >= 0.6 is 0 Å². The molecule has 35 heavy (non-hydrogen) atoms. The molecule has 2 aliphatic carbocycles. The molecule has 0 radical (unpaired) electrons. The molecule has 0 aliphatic heterocycles. The van der Waals surface area contributed by atoms with Crippen molar-refractivity contribution in [1.82, 2.24) is 5.32 Å². The zero-order valence-corrected chi connectivity index (χ0v) is 20.8. The van der Waals surface area contributed by atoms with E-state index in [2.05, 4.69) is 54.9 Å². The molecule has 0 aromatic rings. The van der Waals surface area contributed by atoms with E-state index >= 15 is 0 Å². The Hall–Kier alpha value is -4.19. The summed E-state index contributed by atoms with van der Waals surface area (Å²) >= 11 is 0. The number of carbonyl (C=O) groups is 1. The van der Waals surface area contributed by atoms with Gasteiger partial charge in [0.2, 0.25) is 11.8 Å². The van der Waals surface area contributed by atoms with Gasteiger partial charge in [0, 0.05) is 28.2 Å². The fourth-order valence-electron chi connectivity index (χ4n) is 3.10. The molecule has 2 aliphatic rings. The van der Waals surface area contributed by atoms with Gasteiger partial charge >= 0.3 is 0 Å². The Morgan fingerprint density at radius 1 is 1.00 bits per heavy atom. The molecule has 0 saturated carbocycles. The summed E-state index contributed by atoms with van der Waals surface area (Å²) in [7, 11) is 3.21. The number of nitrogens with one attached hydrogen (secondary N) is 1. The highest BCUT2D eigenvalue weighted by Gasteiger charge is 2.12. The number of carbonyl (C=O) groups excluding carboxylic acids is 1. The molecule has 6 heteroatoms. The molecule has 6 nitrogen and oxygen atoms in total. The number of hydrogen-bond donors (Lipinski definition) is 1. The average Bonchev–Trinajstić information content (AvgIpc) is 2.90. The first kappa shape index (κ1) is 28.8. The minimum absolute atomic E-state index is 0.393. The van der Waals surface area contributed by atoms with Crippen LogP contribution in [0.3, 0.4) is 0 Å². The van der Waals surface area contributed by atoms with Crippen molar-refractivity contribution in [3.63, 3.8) is 0 Å². The van der Waals surface area contributed by atoms with E-state index in [1.807, 2.05) is 25.0 Å². The molecule has 0 bridgehead atoms. The van der Waals surface area contributed by atoms with Crippen LogP contribution in [-0.2, 0) is 14.3 Å². The molecule has 0 atom stereocenters. The van der Waals surface area contributed by atoms with Gasteiger partial charge in [-0.3, -0.25) is 0 Å². The highest BCUT2D eigenvalue weighted by Crippen LogP contribution is 2.21. The summed E-state index contributed by atoms with van der Waals surface area (Å²) in [5, 5.41) is 3.32. The van der Waals surface area contributed by atoms with Gasteiger partial charge in [0.1, 0.15) is 6.79 Å². The number of aliphatic imine (C=N–C) groups is 2. The van der Waals surface area contributed by atoms with Gasteiger partial charge in [-0.05, 0) is 50.0 Å². The first-order valence-corrected chi connectivity index (χ1v) is 11.1. The molecule has 0 amide bonds. The second-order valence-electron chi connectivity index (χ2n) is 7.35. The van der Waals surface area contributed by atoms with Crippen LogP contribution in [0.1, 0.15) is 25.7 Å². The van der Waals surface area contributed by atoms with Crippen LogP contribution in [-0.4, -0.2) is 32.8 Å². The Kier molecular flexibility index (Phi) is 13.5. The maximum atomic E-state index is 8.00.